The average molecular weight is 319 g/mol. The maximum Gasteiger partial charge on any atom is 0.338 e. The van der Waals surface area contributed by atoms with Crippen molar-refractivity contribution in [3.63, 3.8) is 0 Å². The van der Waals surface area contributed by atoms with Crippen LogP contribution in [-0.2, 0) is 10.1 Å². The number of carbonyl (C=O) groups is 1. The molecule has 0 saturated carbocycles. The Morgan fingerprint density at radius 3 is 2.00 bits per heavy atom. The molecule has 0 N–H and O–H groups in total. The fourth-order valence-electron chi connectivity index (χ4n) is 1.34. The zero-order valence-electron chi connectivity index (χ0n) is 9.08. The molecular formula is C9H7BrN2O6. The highest BCUT2D eigenvalue weighted by atomic mass is 79.9. The third-order valence-corrected chi connectivity index (χ3v) is 2.71. The summed E-state index contributed by atoms with van der Waals surface area (Å²) in [5.74, 6) is -0.873. The Hall–Kier alpha value is -2.03. The lowest BCUT2D eigenvalue weighted by Gasteiger charge is -2.04. The van der Waals surface area contributed by atoms with E-state index < -0.39 is 27.2 Å². The third kappa shape index (κ3) is 2.62. The van der Waals surface area contributed by atoms with Gasteiger partial charge >= 0.3 is 5.97 Å². The van der Waals surface area contributed by atoms with Gasteiger partial charge in [-0.1, -0.05) is 15.9 Å². The maximum absolute atomic E-state index is 11.3. The van der Waals surface area contributed by atoms with Gasteiger partial charge in [0.05, 0.1) is 22.5 Å². The number of hydrogen-bond acceptors (Lipinski definition) is 6. The Morgan fingerprint density at radius 1 is 1.28 bits per heavy atom. The molecule has 96 valence electrons. The molecule has 18 heavy (non-hydrogen) atoms. The van der Waals surface area contributed by atoms with Crippen molar-refractivity contribution in [2.24, 2.45) is 0 Å². The third-order valence-electron chi connectivity index (χ3n) is 2.15. The molecule has 0 heterocycles. The zero-order chi connectivity index (χ0) is 13.9. The van der Waals surface area contributed by atoms with Crippen molar-refractivity contribution >= 4 is 33.3 Å². The quantitative estimate of drug-likeness (QED) is 0.364. The Labute approximate surface area is 109 Å². The van der Waals surface area contributed by atoms with Crippen molar-refractivity contribution in [3.8, 4) is 0 Å². The first-order valence-corrected chi connectivity index (χ1v) is 5.64. The van der Waals surface area contributed by atoms with E-state index in [1.54, 1.807) is 0 Å². The van der Waals surface area contributed by atoms with E-state index in [9.17, 15) is 25.0 Å². The molecule has 0 unspecified atom stereocenters. The Kier molecular flexibility index (Phi) is 4.32. The minimum atomic E-state index is -0.873. The van der Waals surface area contributed by atoms with Crippen LogP contribution in [0, 0.1) is 20.2 Å². The van der Waals surface area contributed by atoms with Gasteiger partial charge in [0.15, 0.2) is 0 Å². The molecule has 0 aliphatic carbocycles. The molecule has 1 aromatic carbocycles. The molecule has 0 bridgehead atoms. The van der Waals surface area contributed by atoms with Crippen LogP contribution >= 0.6 is 15.9 Å². The van der Waals surface area contributed by atoms with Gasteiger partial charge in [0.1, 0.15) is 5.56 Å². The Morgan fingerprint density at radius 2 is 1.72 bits per heavy atom. The first-order valence-electron chi connectivity index (χ1n) is 4.52. The summed E-state index contributed by atoms with van der Waals surface area (Å²) in [5, 5.41) is 21.6. The lowest BCUT2D eigenvalue weighted by Crippen LogP contribution is -2.06. The van der Waals surface area contributed by atoms with Crippen LogP contribution < -0.4 is 0 Å². The normalized spacial score (nSPS) is 9.89. The fraction of sp³-hybridized carbons (Fsp3) is 0.222. The van der Waals surface area contributed by atoms with Gasteiger partial charge in [-0.15, -0.1) is 0 Å². The van der Waals surface area contributed by atoms with Gasteiger partial charge in [0.2, 0.25) is 0 Å². The molecule has 0 spiro atoms. The van der Waals surface area contributed by atoms with E-state index in [-0.39, 0.29) is 16.5 Å². The summed E-state index contributed by atoms with van der Waals surface area (Å²) in [5.41, 5.74) is -1.33. The van der Waals surface area contributed by atoms with Gasteiger partial charge in [-0.2, -0.15) is 0 Å². The molecule has 0 radical (unpaired) electrons. The number of carbonyl (C=O) groups excluding carboxylic acids is 1. The van der Waals surface area contributed by atoms with E-state index >= 15 is 0 Å². The summed E-state index contributed by atoms with van der Waals surface area (Å²) in [6.07, 6.45) is 0. The maximum atomic E-state index is 11.3. The number of methoxy groups -OCH3 is 1. The lowest BCUT2D eigenvalue weighted by atomic mass is 10.1. The summed E-state index contributed by atoms with van der Waals surface area (Å²) in [6, 6.07) is 1.91. The summed E-state index contributed by atoms with van der Waals surface area (Å²) in [6.45, 7) is 0. The second kappa shape index (κ2) is 5.54. The number of ether oxygens (including phenoxy) is 1. The molecular weight excluding hydrogens is 312 g/mol. The molecule has 1 rings (SSSR count). The van der Waals surface area contributed by atoms with Gasteiger partial charge in [-0.3, -0.25) is 20.2 Å². The average Bonchev–Trinajstić information content (AvgIpc) is 2.35. The second-order valence-electron chi connectivity index (χ2n) is 3.13. The van der Waals surface area contributed by atoms with Crippen molar-refractivity contribution < 1.29 is 19.4 Å². The number of nitro benzene ring substituents is 2. The van der Waals surface area contributed by atoms with Gasteiger partial charge in [0, 0.05) is 17.5 Å². The van der Waals surface area contributed by atoms with Crippen LogP contribution in [0.3, 0.4) is 0 Å². The predicted molar refractivity (Wildman–Crippen MR) is 63.7 cm³/mol. The van der Waals surface area contributed by atoms with Crippen LogP contribution in [0.25, 0.3) is 0 Å². The van der Waals surface area contributed by atoms with Crippen LogP contribution in [0.2, 0.25) is 0 Å². The second-order valence-corrected chi connectivity index (χ2v) is 3.69. The monoisotopic (exact) mass is 318 g/mol. The number of benzene rings is 1. The van der Waals surface area contributed by atoms with Gasteiger partial charge < -0.3 is 4.74 Å². The summed E-state index contributed by atoms with van der Waals surface area (Å²) in [4.78, 5) is 31.4. The Bertz CT molecular complexity index is 495. The number of hydrogen-bond donors (Lipinski definition) is 0. The lowest BCUT2D eigenvalue weighted by molar-refractivity contribution is -0.395. The molecule has 0 amide bonds. The van der Waals surface area contributed by atoms with Crippen molar-refractivity contribution in [1.29, 1.82) is 0 Å². The number of rotatable bonds is 4. The highest BCUT2D eigenvalue weighted by Crippen LogP contribution is 2.32. The standard InChI is InChI=1S/C9H7BrN2O6/c1-18-9(13)5-2-7(11(14)15)6(4-10)8(3-5)12(16)17/h2-3H,4H2,1H3. The molecule has 0 aromatic heterocycles. The van der Waals surface area contributed by atoms with Gasteiger partial charge in [-0.25, -0.2) is 4.79 Å². The summed E-state index contributed by atoms with van der Waals surface area (Å²) < 4.78 is 4.38. The minimum Gasteiger partial charge on any atom is -0.465 e. The zero-order valence-corrected chi connectivity index (χ0v) is 10.7. The van der Waals surface area contributed by atoms with Crippen LogP contribution in [0.5, 0.6) is 0 Å². The van der Waals surface area contributed by atoms with Crippen LogP contribution in [0.1, 0.15) is 15.9 Å². The molecule has 9 heteroatoms. The van der Waals surface area contributed by atoms with Crippen LogP contribution in [-0.4, -0.2) is 22.9 Å². The molecule has 0 fully saturated rings. The molecule has 0 saturated heterocycles. The van der Waals surface area contributed by atoms with Crippen molar-refractivity contribution in [2.45, 2.75) is 5.33 Å². The van der Waals surface area contributed by atoms with E-state index in [1.807, 2.05) is 0 Å². The van der Waals surface area contributed by atoms with Crippen molar-refractivity contribution in [2.75, 3.05) is 7.11 Å². The number of esters is 1. The van der Waals surface area contributed by atoms with Crippen LogP contribution in [0.15, 0.2) is 12.1 Å². The fourth-order valence-corrected chi connectivity index (χ4v) is 1.91. The number of nitrogens with zero attached hydrogens (tertiary/aromatic N) is 2. The highest BCUT2D eigenvalue weighted by Gasteiger charge is 2.27. The molecule has 0 aliphatic heterocycles. The largest absolute Gasteiger partial charge is 0.465 e. The van der Waals surface area contributed by atoms with E-state index in [0.29, 0.717) is 0 Å². The molecule has 8 nitrogen and oxygen atoms in total. The van der Waals surface area contributed by atoms with Crippen LogP contribution in [0.4, 0.5) is 11.4 Å². The summed E-state index contributed by atoms with van der Waals surface area (Å²) >= 11 is 2.95. The van der Waals surface area contributed by atoms with E-state index in [0.717, 1.165) is 19.2 Å². The van der Waals surface area contributed by atoms with E-state index in [4.69, 9.17) is 0 Å². The minimum absolute atomic E-state index is 0.0684. The van der Waals surface area contributed by atoms with Crippen molar-refractivity contribution in [1.82, 2.24) is 0 Å². The number of nitro groups is 2. The summed E-state index contributed by atoms with van der Waals surface area (Å²) in [7, 11) is 1.08. The van der Waals surface area contributed by atoms with E-state index in [2.05, 4.69) is 20.7 Å². The molecule has 0 aliphatic rings. The predicted octanol–water partition coefficient (Wildman–Crippen LogP) is 2.18. The topological polar surface area (TPSA) is 113 Å². The van der Waals surface area contributed by atoms with E-state index in [1.165, 1.54) is 0 Å². The van der Waals surface area contributed by atoms with Gasteiger partial charge in [0.25, 0.3) is 11.4 Å². The smallest absolute Gasteiger partial charge is 0.338 e. The van der Waals surface area contributed by atoms with Gasteiger partial charge in [-0.05, 0) is 0 Å². The first kappa shape index (κ1) is 14.0. The Balaban J connectivity index is 3.58. The molecule has 0 atom stereocenters. The highest BCUT2D eigenvalue weighted by molar-refractivity contribution is 9.08. The molecule has 1 aromatic rings. The number of alkyl halides is 1. The SMILES string of the molecule is COC(=O)c1cc([N+](=O)[O-])c(CBr)c([N+](=O)[O-])c1. The van der Waals surface area contributed by atoms with Crippen molar-refractivity contribution in [3.05, 3.63) is 43.5 Å². The first-order chi connectivity index (χ1) is 8.42. The number of halogens is 1.